The molecule has 0 bridgehead atoms. The summed E-state index contributed by atoms with van der Waals surface area (Å²) in [6.45, 7) is 8.50. The van der Waals surface area contributed by atoms with Crippen LogP contribution in [0, 0.1) is 5.92 Å². The molecule has 1 aromatic heterocycles. The van der Waals surface area contributed by atoms with Crippen LogP contribution in [0.5, 0.6) is 11.5 Å². The average molecular weight is 477 g/mol. The third-order valence-corrected chi connectivity index (χ3v) is 5.53. The fourth-order valence-electron chi connectivity index (χ4n) is 3.39. The number of hydrogen-bond acceptors (Lipinski definition) is 7. The number of amides is 2. The molecule has 0 saturated carbocycles. The monoisotopic (exact) mass is 476 g/mol. The first-order valence-electron chi connectivity index (χ1n) is 11.5. The van der Waals surface area contributed by atoms with Gasteiger partial charge >= 0.3 is 0 Å². The quantitative estimate of drug-likeness (QED) is 0.424. The highest BCUT2D eigenvalue weighted by Gasteiger charge is 2.26. The third kappa shape index (κ3) is 7.18. The molecule has 34 heavy (non-hydrogen) atoms. The number of carbonyl (C=O) groups is 2. The number of nitrogens with zero attached hydrogens (tertiary/aromatic N) is 2. The Kier molecular flexibility index (Phi) is 10.3. The molecule has 0 radical (unpaired) electrons. The topological polar surface area (TPSA) is 121 Å². The molecule has 2 amide bonds. The molecule has 0 fully saturated rings. The van der Waals surface area contributed by atoms with Gasteiger partial charge in [0.05, 0.1) is 37.6 Å². The molecule has 2 rings (SSSR count). The maximum Gasteiger partial charge on any atom is 0.261 e. The van der Waals surface area contributed by atoms with Crippen molar-refractivity contribution in [3.63, 3.8) is 0 Å². The van der Waals surface area contributed by atoms with Gasteiger partial charge in [-0.05, 0) is 32.3 Å². The van der Waals surface area contributed by atoms with E-state index in [9.17, 15) is 14.4 Å². The number of benzene rings is 1. The molecule has 188 valence electrons. The van der Waals surface area contributed by atoms with E-state index in [0.29, 0.717) is 48.4 Å². The van der Waals surface area contributed by atoms with Crippen molar-refractivity contribution in [2.24, 2.45) is 5.92 Å². The average Bonchev–Trinajstić information content (AvgIpc) is 2.82. The standard InChI is InChI=1S/C24H36N4O6/c1-7-16(4)22(23(30)25-9-8-10-34-15(2)3)27-21(29)13-28-14-26-18-12-20(33-6)19(32-5)11-17(18)24(28)31/h11-12,14-16,22H,7-10,13H2,1-6H3,(H,25,30)(H,27,29)/t16-,22+/m1/s1. The number of carbonyl (C=O) groups excluding carboxylic acids is 2. The highest BCUT2D eigenvalue weighted by Crippen LogP contribution is 2.29. The van der Waals surface area contributed by atoms with E-state index in [4.69, 9.17) is 14.2 Å². The van der Waals surface area contributed by atoms with Crippen LogP contribution in [0.25, 0.3) is 10.9 Å². The van der Waals surface area contributed by atoms with Crippen LogP contribution in [0.2, 0.25) is 0 Å². The normalized spacial score (nSPS) is 12.9. The van der Waals surface area contributed by atoms with E-state index in [-0.39, 0.29) is 24.5 Å². The lowest BCUT2D eigenvalue weighted by molar-refractivity contribution is -0.130. The van der Waals surface area contributed by atoms with Crippen molar-refractivity contribution in [2.75, 3.05) is 27.4 Å². The molecule has 1 aromatic carbocycles. The lowest BCUT2D eigenvalue weighted by Gasteiger charge is -2.24. The zero-order chi connectivity index (χ0) is 25.3. The van der Waals surface area contributed by atoms with Gasteiger partial charge in [-0.15, -0.1) is 0 Å². The number of methoxy groups -OCH3 is 2. The second-order valence-electron chi connectivity index (χ2n) is 8.40. The van der Waals surface area contributed by atoms with Gasteiger partial charge in [0.15, 0.2) is 11.5 Å². The van der Waals surface area contributed by atoms with Crippen LogP contribution in [0.4, 0.5) is 0 Å². The van der Waals surface area contributed by atoms with Crippen molar-refractivity contribution < 1.29 is 23.8 Å². The SMILES string of the molecule is CC[C@@H](C)[C@H](NC(=O)Cn1cnc2cc(OC)c(OC)cc2c1=O)C(=O)NCCCOC(C)C. The number of ether oxygens (including phenoxy) is 3. The maximum atomic E-state index is 12.9. The largest absolute Gasteiger partial charge is 0.493 e. The van der Waals surface area contributed by atoms with Gasteiger partial charge in [0.2, 0.25) is 11.8 Å². The molecule has 0 aliphatic heterocycles. The summed E-state index contributed by atoms with van der Waals surface area (Å²) >= 11 is 0. The minimum atomic E-state index is -0.711. The Morgan fingerprint density at radius 1 is 1.12 bits per heavy atom. The van der Waals surface area contributed by atoms with Crippen LogP contribution in [-0.2, 0) is 20.9 Å². The van der Waals surface area contributed by atoms with Crippen molar-refractivity contribution in [3.8, 4) is 11.5 Å². The molecule has 10 nitrogen and oxygen atoms in total. The lowest BCUT2D eigenvalue weighted by Crippen LogP contribution is -2.51. The summed E-state index contributed by atoms with van der Waals surface area (Å²) in [5.74, 6) is 0.0541. The van der Waals surface area contributed by atoms with E-state index in [2.05, 4.69) is 15.6 Å². The second kappa shape index (κ2) is 12.9. The summed E-state index contributed by atoms with van der Waals surface area (Å²) in [6.07, 6.45) is 2.83. The lowest BCUT2D eigenvalue weighted by atomic mass is 9.98. The Morgan fingerprint density at radius 3 is 2.41 bits per heavy atom. The number of aromatic nitrogens is 2. The zero-order valence-electron chi connectivity index (χ0n) is 20.8. The number of rotatable bonds is 13. The third-order valence-electron chi connectivity index (χ3n) is 5.53. The van der Waals surface area contributed by atoms with Gasteiger partial charge in [0.25, 0.3) is 5.56 Å². The Balaban J connectivity index is 2.10. The smallest absolute Gasteiger partial charge is 0.261 e. The minimum absolute atomic E-state index is 0.0842. The predicted molar refractivity (Wildman–Crippen MR) is 129 cm³/mol. The van der Waals surface area contributed by atoms with Gasteiger partial charge < -0.3 is 24.8 Å². The van der Waals surface area contributed by atoms with Gasteiger partial charge in [0.1, 0.15) is 12.6 Å². The Labute approximate surface area is 200 Å². The first-order valence-corrected chi connectivity index (χ1v) is 11.5. The maximum absolute atomic E-state index is 12.9. The van der Waals surface area contributed by atoms with Crippen LogP contribution in [0.1, 0.15) is 40.5 Å². The summed E-state index contributed by atoms with van der Waals surface area (Å²) < 4.78 is 17.2. The molecule has 0 aliphatic carbocycles. The predicted octanol–water partition coefficient (Wildman–Crippen LogP) is 1.88. The van der Waals surface area contributed by atoms with E-state index in [1.165, 1.54) is 31.2 Å². The van der Waals surface area contributed by atoms with Gasteiger partial charge in [0, 0.05) is 19.2 Å². The summed E-state index contributed by atoms with van der Waals surface area (Å²) in [6, 6.07) is 2.43. The van der Waals surface area contributed by atoms with Gasteiger partial charge in [-0.2, -0.15) is 0 Å². The molecule has 2 N–H and O–H groups in total. The first-order chi connectivity index (χ1) is 16.2. The van der Waals surface area contributed by atoms with Gasteiger partial charge in [-0.25, -0.2) is 4.98 Å². The van der Waals surface area contributed by atoms with E-state index in [1.807, 2.05) is 27.7 Å². The van der Waals surface area contributed by atoms with Crippen molar-refractivity contribution in [1.29, 1.82) is 0 Å². The number of fused-ring (bicyclic) bond motifs is 1. The molecule has 1 heterocycles. The summed E-state index contributed by atoms with van der Waals surface area (Å²) in [4.78, 5) is 42.7. The van der Waals surface area contributed by atoms with Crippen molar-refractivity contribution in [2.45, 2.75) is 59.2 Å². The van der Waals surface area contributed by atoms with Crippen LogP contribution < -0.4 is 25.7 Å². The van der Waals surface area contributed by atoms with E-state index >= 15 is 0 Å². The van der Waals surface area contributed by atoms with Gasteiger partial charge in [-0.3, -0.25) is 19.0 Å². The van der Waals surface area contributed by atoms with Crippen LogP contribution >= 0.6 is 0 Å². The van der Waals surface area contributed by atoms with Crippen LogP contribution in [0.15, 0.2) is 23.3 Å². The molecular formula is C24H36N4O6. The van der Waals surface area contributed by atoms with E-state index in [0.717, 1.165) is 0 Å². The zero-order valence-corrected chi connectivity index (χ0v) is 20.8. The second-order valence-corrected chi connectivity index (χ2v) is 8.40. The summed E-state index contributed by atoms with van der Waals surface area (Å²) in [5.41, 5.74) is 0.0356. The van der Waals surface area contributed by atoms with Crippen LogP contribution in [-0.4, -0.2) is 60.9 Å². The number of nitrogens with one attached hydrogen (secondary N) is 2. The summed E-state index contributed by atoms with van der Waals surface area (Å²) in [5, 5.41) is 5.94. The molecule has 0 aliphatic rings. The van der Waals surface area contributed by atoms with Crippen LogP contribution in [0.3, 0.4) is 0 Å². The molecule has 2 atom stereocenters. The molecular weight excluding hydrogens is 440 g/mol. The van der Waals surface area contributed by atoms with Gasteiger partial charge in [-0.1, -0.05) is 20.3 Å². The van der Waals surface area contributed by atoms with E-state index < -0.39 is 17.5 Å². The highest BCUT2D eigenvalue weighted by atomic mass is 16.5. The fourth-order valence-corrected chi connectivity index (χ4v) is 3.39. The fraction of sp³-hybridized carbons (Fsp3) is 0.583. The molecule has 0 spiro atoms. The molecule has 10 heteroatoms. The van der Waals surface area contributed by atoms with Crippen molar-refractivity contribution in [3.05, 3.63) is 28.8 Å². The highest BCUT2D eigenvalue weighted by molar-refractivity contribution is 5.88. The summed E-state index contributed by atoms with van der Waals surface area (Å²) in [7, 11) is 2.97. The first kappa shape index (κ1) is 27.1. The minimum Gasteiger partial charge on any atom is -0.493 e. The molecule has 2 aromatic rings. The molecule has 0 saturated heterocycles. The Hall–Kier alpha value is -3.14. The van der Waals surface area contributed by atoms with Crippen molar-refractivity contribution in [1.82, 2.24) is 20.2 Å². The molecule has 0 unspecified atom stereocenters. The Bertz CT molecular complexity index is 1040. The number of hydrogen-bond donors (Lipinski definition) is 2. The van der Waals surface area contributed by atoms with Crippen molar-refractivity contribution >= 4 is 22.7 Å². The van der Waals surface area contributed by atoms with E-state index in [1.54, 1.807) is 6.07 Å². The Morgan fingerprint density at radius 2 is 1.79 bits per heavy atom.